The molecule has 8 rings (SSSR count). The van der Waals surface area contributed by atoms with Gasteiger partial charge in [0.05, 0.1) is 17.1 Å². The molecule has 3 aromatic carbocycles. The van der Waals surface area contributed by atoms with E-state index in [4.69, 9.17) is 9.98 Å². The highest BCUT2D eigenvalue weighted by atomic mass is 14.8. The Labute approximate surface area is 247 Å². The third-order valence-electron chi connectivity index (χ3n) is 9.76. The van der Waals surface area contributed by atoms with Crippen molar-refractivity contribution in [1.29, 1.82) is 0 Å². The fourth-order valence-corrected chi connectivity index (χ4v) is 7.61. The fourth-order valence-electron chi connectivity index (χ4n) is 7.61. The summed E-state index contributed by atoms with van der Waals surface area (Å²) in [6.45, 7) is 9.38. The van der Waals surface area contributed by atoms with Crippen molar-refractivity contribution in [3.63, 3.8) is 0 Å². The number of fused-ring (bicyclic) bond motifs is 5. The summed E-state index contributed by atoms with van der Waals surface area (Å²) in [6.07, 6.45) is 4.76. The van der Waals surface area contributed by atoms with E-state index < -0.39 is 0 Å². The van der Waals surface area contributed by atoms with E-state index in [9.17, 15) is 0 Å². The van der Waals surface area contributed by atoms with Gasteiger partial charge < -0.3 is 0 Å². The van der Waals surface area contributed by atoms with Crippen LogP contribution in [0.15, 0.2) is 114 Å². The van der Waals surface area contributed by atoms with Gasteiger partial charge in [0, 0.05) is 40.4 Å². The predicted octanol–water partition coefficient (Wildman–Crippen LogP) is 9.38. The summed E-state index contributed by atoms with van der Waals surface area (Å²) in [4.78, 5) is 14.7. The van der Waals surface area contributed by atoms with Crippen LogP contribution >= 0.6 is 0 Å². The summed E-state index contributed by atoms with van der Waals surface area (Å²) < 4.78 is 0. The number of aromatic nitrogens is 2. The van der Waals surface area contributed by atoms with Gasteiger partial charge in [0.25, 0.3) is 0 Å². The molecule has 42 heavy (non-hydrogen) atoms. The van der Waals surface area contributed by atoms with Crippen molar-refractivity contribution in [1.82, 2.24) is 9.97 Å². The molecular formula is C39H33N3. The van der Waals surface area contributed by atoms with E-state index in [0.29, 0.717) is 0 Å². The number of benzene rings is 3. The first-order valence-electron chi connectivity index (χ1n) is 14.9. The minimum absolute atomic E-state index is 0.0198. The zero-order valence-electron chi connectivity index (χ0n) is 24.5. The number of pyridine rings is 2. The second kappa shape index (κ2) is 8.93. The summed E-state index contributed by atoms with van der Waals surface area (Å²) >= 11 is 0. The molecule has 2 aromatic heterocycles. The molecule has 3 heteroatoms. The van der Waals surface area contributed by atoms with Crippen LogP contribution in [0.3, 0.4) is 0 Å². The topological polar surface area (TPSA) is 38.1 Å². The van der Waals surface area contributed by atoms with Crippen LogP contribution in [0.1, 0.15) is 68.0 Å². The second-order valence-electron chi connectivity index (χ2n) is 12.8. The van der Waals surface area contributed by atoms with E-state index in [1.807, 2.05) is 24.4 Å². The van der Waals surface area contributed by atoms with E-state index in [1.54, 1.807) is 0 Å². The molecule has 0 bridgehead atoms. The molecule has 2 aliphatic carbocycles. The predicted molar refractivity (Wildman–Crippen MR) is 173 cm³/mol. The van der Waals surface area contributed by atoms with Crippen LogP contribution in [0, 0.1) is 0 Å². The smallest absolute Gasteiger partial charge is 0.0889 e. The SMILES string of the molecule is CC1(C)C2=C(N=CCC2c2cccc(-c3ccccn3)n2)c2cc(-c3ccc4c(c3)C(C)(C)c3ccccc3-4)ccc21. The standard InChI is InChI=1S/C39H33N3/c1-38(2)30-11-6-5-10-26(30)27-17-15-25(23-32(27)38)24-16-18-31-29(22-24)37-36(39(31,3)4)28(19-21-41-37)33-13-9-14-35(42-33)34-12-7-8-20-40-34/h5-18,20-23,28H,19H2,1-4H3. The van der Waals surface area contributed by atoms with Gasteiger partial charge >= 0.3 is 0 Å². The lowest BCUT2D eigenvalue weighted by atomic mass is 9.73. The molecule has 3 heterocycles. The zero-order chi connectivity index (χ0) is 28.6. The highest BCUT2D eigenvalue weighted by Gasteiger charge is 2.43. The lowest BCUT2D eigenvalue weighted by Crippen LogP contribution is -2.24. The van der Waals surface area contributed by atoms with Crippen molar-refractivity contribution >= 4 is 11.9 Å². The maximum absolute atomic E-state index is 5.13. The molecule has 204 valence electrons. The number of nitrogens with zero attached hydrogens (tertiary/aromatic N) is 3. The Bertz CT molecular complexity index is 1960. The minimum atomic E-state index is -0.143. The van der Waals surface area contributed by atoms with E-state index in [2.05, 4.69) is 118 Å². The van der Waals surface area contributed by atoms with Crippen LogP contribution in [-0.2, 0) is 10.8 Å². The van der Waals surface area contributed by atoms with Gasteiger partial charge in [0.1, 0.15) is 0 Å². The molecule has 3 nitrogen and oxygen atoms in total. The van der Waals surface area contributed by atoms with Crippen molar-refractivity contribution in [3.05, 3.63) is 137 Å². The Morgan fingerprint density at radius 2 is 1.36 bits per heavy atom. The Morgan fingerprint density at radius 3 is 2.21 bits per heavy atom. The van der Waals surface area contributed by atoms with Crippen LogP contribution in [0.4, 0.5) is 0 Å². The summed E-state index contributed by atoms with van der Waals surface area (Å²) in [6, 6.07) is 35.1. The monoisotopic (exact) mass is 543 g/mol. The van der Waals surface area contributed by atoms with Gasteiger partial charge in [-0.15, -0.1) is 0 Å². The molecule has 1 aliphatic heterocycles. The Kier molecular flexibility index (Phi) is 5.34. The molecule has 5 aromatic rings. The highest BCUT2D eigenvalue weighted by Crippen LogP contribution is 2.55. The normalized spacial score (nSPS) is 18.8. The van der Waals surface area contributed by atoms with Crippen LogP contribution < -0.4 is 0 Å². The van der Waals surface area contributed by atoms with Gasteiger partial charge in [-0.25, -0.2) is 0 Å². The molecule has 1 unspecified atom stereocenters. The van der Waals surface area contributed by atoms with Gasteiger partial charge in [-0.3, -0.25) is 15.0 Å². The number of hydrogen-bond donors (Lipinski definition) is 0. The van der Waals surface area contributed by atoms with Crippen LogP contribution in [-0.4, -0.2) is 16.2 Å². The molecule has 1 atom stereocenters. The van der Waals surface area contributed by atoms with E-state index in [-0.39, 0.29) is 16.7 Å². The van der Waals surface area contributed by atoms with Crippen molar-refractivity contribution in [3.8, 4) is 33.6 Å². The van der Waals surface area contributed by atoms with Gasteiger partial charge in [-0.1, -0.05) is 88.4 Å². The summed E-state index contributed by atoms with van der Waals surface area (Å²) in [5, 5.41) is 0. The van der Waals surface area contributed by atoms with Crippen LogP contribution in [0.2, 0.25) is 0 Å². The van der Waals surface area contributed by atoms with Crippen molar-refractivity contribution < 1.29 is 0 Å². The number of allylic oxidation sites excluding steroid dienone is 1. The molecule has 0 spiro atoms. The average Bonchev–Trinajstić information content (AvgIpc) is 3.41. The molecule has 0 saturated heterocycles. The van der Waals surface area contributed by atoms with Gasteiger partial charge in [0.15, 0.2) is 0 Å². The van der Waals surface area contributed by atoms with E-state index in [1.165, 1.54) is 50.1 Å². The van der Waals surface area contributed by atoms with E-state index >= 15 is 0 Å². The number of hydrogen-bond acceptors (Lipinski definition) is 3. The van der Waals surface area contributed by atoms with Gasteiger partial charge in [0.2, 0.25) is 0 Å². The Balaban J connectivity index is 1.21. The molecule has 3 aliphatic rings. The van der Waals surface area contributed by atoms with Crippen molar-refractivity contribution in [2.45, 2.75) is 50.9 Å². The summed E-state index contributed by atoms with van der Waals surface area (Å²) in [5.74, 6) is 0.173. The van der Waals surface area contributed by atoms with Crippen LogP contribution in [0.25, 0.3) is 39.3 Å². The lowest BCUT2D eigenvalue weighted by molar-refractivity contribution is 0.572. The quantitative estimate of drug-likeness (QED) is 0.227. The molecule has 0 radical (unpaired) electrons. The summed E-state index contributed by atoms with van der Waals surface area (Å²) in [7, 11) is 0. The number of rotatable bonds is 3. The Hall–Kier alpha value is -4.63. The first kappa shape index (κ1) is 25.1. The van der Waals surface area contributed by atoms with Gasteiger partial charge in [-0.05, 0) is 87.3 Å². The molecule has 0 N–H and O–H groups in total. The second-order valence-corrected chi connectivity index (χ2v) is 12.8. The maximum Gasteiger partial charge on any atom is 0.0889 e. The zero-order valence-corrected chi connectivity index (χ0v) is 24.5. The first-order valence-corrected chi connectivity index (χ1v) is 14.9. The fraction of sp³-hybridized carbons (Fsp3) is 0.205. The highest BCUT2D eigenvalue weighted by molar-refractivity contribution is 5.90. The largest absolute Gasteiger partial charge is 0.261 e. The first-order chi connectivity index (χ1) is 20.3. The minimum Gasteiger partial charge on any atom is -0.261 e. The molecular weight excluding hydrogens is 510 g/mol. The lowest BCUT2D eigenvalue weighted by Gasteiger charge is -2.31. The third kappa shape index (κ3) is 3.56. The van der Waals surface area contributed by atoms with Crippen molar-refractivity contribution in [2.24, 2.45) is 4.99 Å². The average molecular weight is 544 g/mol. The third-order valence-corrected chi connectivity index (χ3v) is 9.76. The van der Waals surface area contributed by atoms with Crippen LogP contribution in [0.5, 0.6) is 0 Å². The molecule has 0 saturated carbocycles. The molecule has 0 fully saturated rings. The summed E-state index contributed by atoms with van der Waals surface area (Å²) in [5.41, 5.74) is 15.8. The Morgan fingerprint density at radius 1 is 0.619 bits per heavy atom. The van der Waals surface area contributed by atoms with E-state index in [0.717, 1.165) is 29.2 Å². The number of aliphatic imine (C=N–C) groups is 1. The maximum atomic E-state index is 5.13. The van der Waals surface area contributed by atoms with Gasteiger partial charge in [-0.2, -0.15) is 0 Å². The molecule has 0 amide bonds. The van der Waals surface area contributed by atoms with Crippen molar-refractivity contribution in [2.75, 3.05) is 0 Å².